The van der Waals surface area contributed by atoms with E-state index in [0.717, 1.165) is 22.5 Å². The van der Waals surface area contributed by atoms with Crippen LogP contribution in [0.25, 0.3) is 5.78 Å². The highest BCUT2D eigenvalue weighted by molar-refractivity contribution is 7.98. The van der Waals surface area contributed by atoms with E-state index in [1.165, 1.54) is 11.8 Å². The van der Waals surface area contributed by atoms with E-state index < -0.39 is 0 Å². The number of hydrogen-bond acceptors (Lipinski definition) is 5. The first-order valence-corrected chi connectivity index (χ1v) is 10.7. The molecular formula is C21H27N5OS. The first-order chi connectivity index (χ1) is 13.4. The van der Waals surface area contributed by atoms with Crippen molar-refractivity contribution in [2.24, 2.45) is 0 Å². The zero-order chi connectivity index (χ0) is 20.3. The molecule has 148 valence electrons. The summed E-state index contributed by atoms with van der Waals surface area (Å²) in [7, 11) is 0. The van der Waals surface area contributed by atoms with Gasteiger partial charge in [0.2, 0.25) is 11.1 Å². The Bertz CT molecular complexity index is 968. The lowest BCUT2D eigenvalue weighted by molar-refractivity contribution is -0.133. The molecule has 0 saturated carbocycles. The molecule has 1 aromatic carbocycles. The number of rotatable bonds is 7. The topological polar surface area (TPSA) is 63.4 Å². The Hall–Kier alpha value is -2.41. The van der Waals surface area contributed by atoms with Crippen LogP contribution in [0.2, 0.25) is 0 Å². The third-order valence-electron chi connectivity index (χ3n) is 4.94. The molecule has 0 aliphatic rings. The van der Waals surface area contributed by atoms with Crippen LogP contribution in [0.5, 0.6) is 0 Å². The third kappa shape index (κ3) is 4.35. The normalized spacial score (nSPS) is 11.4. The van der Waals surface area contributed by atoms with Crippen molar-refractivity contribution in [2.45, 2.75) is 58.3 Å². The van der Waals surface area contributed by atoms with Gasteiger partial charge in [0.05, 0.1) is 0 Å². The van der Waals surface area contributed by atoms with E-state index >= 15 is 0 Å². The molecule has 0 fully saturated rings. The number of benzene rings is 1. The summed E-state index contributed by atoms with van der Waals surface area (Å²) in [5, 5.41) is 5.20. The van der Waals surface area contributed by atoms with E-state index in [-0.39, 0.29) is 11.9 Å². The lowest BCUT2D eigenvalue weighted by Crippen LogP contribution is -2.36. The van der Waals surface area contributed by atoms with Gasteiger partial charge < -0.3 is 4.90 Å². The van der Waals surface area contributed by atoms with E-state index in [2.05, 4.69) is 41.0 Å². The van der Waals surface area contributed by atoms with Gasteiger partial charge in [-0.05, 0) is 51.5 Å². The minimum atomic E-state index is 0.148. The summed E-state index contributed by atoms with van der Waals surface area (Å²) in [5.41, 5.74) is 4.13. The Morgan fingerprint density at radius 3 is 2.54 bits per heavy atom. The van der Waals surface area contributed by atoms with Crippen LogP contribution >= 0.6 is 11.8 Å². The monoisotopic (exact) mass is 397 g/mol. The Labute approximate surface area is 170 Å². The molecule has 0 aliphatic heterocycles. The molecule has 0 N–H and O–H groups in total. The molecule has 0 atom stereocenters. The second-order valence-electron chi connectivity index (χ2n) is 7.17. The smallest absolute Gasteiger partial charge is 0.253 e. The molecule has 28 heavy (non-hydrogen) atoms. The Morgan fingerprint density at radius 2 is 1.89 bits per heavy atom. The molecule has 0 aliphatic carbocycles. The van der Waals surface area contributed by atoms with Gasteiger partial charge in [0.15, 0.2) is 0 Å². The molecule has 7 heteroatoms. The molecule has 0 bridgehead atoms. The van der Waals surface area contributed by atoms with Crippen molar-refractivity contribution in [3.63, 3.8) is 0 Å². The average Bonchev–Trinajstić information content (AvgIpc) is 3.09. The van der Waals surface area contributed by atoms with Crippen LogP contribution in [0, 0.1) is 13.8 Å². The minimum Gasteiger partial charge on any atom is -0.336 e. The summed E-state index contributed by atoms with van der Waals surface area (Å²) < 4.78 is 1.78. The summed E-state index contributed by atoms with van der Waals surface area (Å²) in [6.07, 6.45) is 3.04. The predicted octanol–water partition coefficient (Wildman–Crippen LogP) is 3.83. The number of aryl methyl sites for hydroxylation is 2. The molecule has 0 unspecified atom stereocenters. The molecule has 6 nitrogen and oxygen atoms in total. The van der Waals surface area contributed by atoms with Gasteiger partial charge in [0.25, 0.3) is 5.78 Å². The molecular weight excluding hydrogens is 370 g/mol. The van der Waals surface area contributed by atoms with E-state index in [4.69, 9.17) is 0 Å². The van der Waals surface area contributed by atoms with E-state index in [0.29, 0.717) is 30.3 Å². The molecule has 0 spiro atoms. The lowest BCUT2D eigenvalue weighted by atomic mass is 10.1. The van der Waals surface area contributed by atoms with Crippen LogP contribution in [-0.4, -0.2) is 42.7 Å². The summed E-state index contributed by atoms with van der Waals surface area (Å²) in [5.74, 6) is 0.767. The van der Waals surface area contributed by atoms with Gasteiger partial charge in [-0.25, -0.2) is 9.50 Å². The highest BCUT2D eigenvalue weighted by atomic mass is 32.2. The second-order valence-corrected chi connectivity index (χ2v) is 7.95. The van der Waals surface area contributed by atoms with Gasteiger partial charge in [-0.15, -0.1) is 5.10 Å². The maximum Gasteiger partial charge on any atom is 0.253 e. The first-order valence-electron chi connectivity index (χ1n) is 9.51. The van der Waals surface area contributed by atoms with Crippen LogP contribution in [0.1, 0.15) is 42.8 Å². The molecule has 0 saturated heterocycles. The number of aromatic nitrogens is 4. The summed E-state index contributed by atoms with van der Waals surface area (Å²) >= 11 is 1.50. The highest BCUT2D eigenvalue weighted by Gasteiger charge is 2.19. The summed E-state index contributed by atoms with van der Waals surface area (Å²) in [6, 6.07) is 10.3. The van der Waals surface area contributed by atoms with Crippen LogP contribution in [0.15, 0.2) is 35.5 Å². The maximum absolute atomic E-state index is 13.0. The number of thioether (sulfide) groups is 1. The SMILES string of the molecule is CSc1nc2nc(C)c(CCC(=O)N(Cc3ccccc3)C(C)C)c(C)n2n1. The van der Waals surface area contributed by atoms with Crippen molar-refractivity contribution >= 4 is 23.4 Å². The molecule has 0 radical (unpaired) electrons. The number of carbonyl (C=O) groups excluding carboxylic acids is 1. The fourth-order valence-electron chi connectivity index (χ4n) is 3.35. The molecule has 2 heterocycles. The molecule has 3 aromatic rings. The standard InChI is InChI=1S/C21H27N5OS/c1-14(2)25(13-17-9-7-6-8-10-17)19(27)12-11-18-15(3)22-20-23-21(28-5)24-26(20)16(18)4/h6-10,14H,11-13H2,1-5H3. The fraction of sp³-hybridized carbons (Fsp3) is 0.429. The number of fused-ring (bicyclic) bond motifs is 1. The minimum absolute atomic E-state index is 0.148. The molecule has 2 aromatic heterocycles. The van der Waals surface area contributed by atoms with Crippen molar-refractivity contribution in [1.29, 1.82) is 0 Å². The molecule has 1 amide bonds. The van der Waals surface area contributed by atoms with Crippen molar-refractivity contribution in [3.05, 3.63) is 52.8 Å². The first kappa shape index (κ1) is 20.3. The second kappa shape index (κ2) is 8.73. The van der Waals surface area contributed by atoms with Crippen LogP contribution in [-0.2, 0) is 17.8 Å². The van der Waals surface area contributed by atoms with E-state index in [1.807, 2.05) is 43.2 Å². The zero-order valence-electron chi connectivity index (χ0n) is 17.1. The Kier molecular flexibility index (Phi) is 6.34. The third-order valence-corrected chi connectivity index (χ3v) is 5.48. The quantitative estimate of drug-likeness (QED) is 0.567. The lowest BCUT2D eigenvalue weighted by Gasteiger charge is -2.27. The van der Waals surface area contributed by atoms with Gasteiger partial charge in [-0.3, -0.25) is 4.79 Å². The van der Waals surface area contributed by atoms with Gasteiger partial charge >= 0.3 is 0 Å². The number of amides is 1. The Morgan fingerprint density at radius 1 is 1.18 bits per heavy atom. The molecule has 3 rings (SSSR count). The van der Waals surface area contributed by atoms with Crippen molar-refractivity contribution in [3.8, 4) is 0 Å². The van der Waals surface area contributed by atoms with Crippen molar-refractivity contribution in [2.75, 3.05) is 6.26 Å². The van der Waals surface area contributed by atoms with Gasteiger partial charge in [0, 0.05) is 30.4 Å². The van der Waals surface area contributed by atoms with E-state index in [9.17, 15) is 4.79 Å². The van der Waals surface area contributed by atoms with E-state index in [1.54, 1.807) is 4.52 Å². The Balaban J connectivity index is 1.77. The zero-order valence-corrected chi connectivity index (χ0v) is 18.0. The number of carbonyl (C=O) groups is 1. The number of hydrogen-bond donors (Lipinski definition) is 0. The van der Waals surface area contributed by atoms with Gasteiger partial charge in [-0.2, -0.15) is 4.98 Å². The summed E-state index contributed by atoms with van der Waals surface area (Å²) in [4.78, 5) is 23.9. The van der Waals surface area contributed by atoms with Gasteiger partial charge in [0.1, 0.15) is 0 Å². The van der Waals surface area contributed by atoms with Crippen LogP contribution in [0.3, 0.4) is 0 Å². The van der Waals surface area contributed by atoms with Gasteiger partial charge in [-0.1, -0.05) is 42.1 Å². The van der Waals surface area contributed by atoms with Crippen molar-refractivity contribution in [1.82, 2.24) is 24.5 Å². The average molecular weight is 398 g/mol. The van der Waals surface area contributed by atoms with Crippen LogP contribution < -0.4 is 0 Å². The summed E-state index contributed by atoms with van der Waals surface area (Å²) in [6.45, 7) is 8.75. The highest BCUT2D eigenvalue weighted by Crippen LogP contribution is 2.19. The fourth-order valence-corrected chi connectivity index (χ4v) is 3.69. The van der Waals surface area contributed by atoms with Crippen LogP contribution in [0.4, 0.5) is 0 Å². The van der Waals surface area contributed by atoms with Crippen molar-refractivity contribution < 1.29 is 4.79 Å². The predicted molar refractivity (Wildman–Crippen MR) is 112 cm³/mol. The number of nitrogens with zero attached hydrogens (tertiary/aromatic N) is 5. The largest absolute Gasteiger partial charge is 0.336 e. The maximum atomic E-state index is 13.0.